The van der Waals surface area contributed by atoms with Crippen molar-refractivity contribution in [3.63, 3.8) is 0 Å². The predicted octanol–water partition coefficient (Wildman–Crippen LogP) is 2.51. The minimum Gasteiger partial charge on any atom is -0.475 e. The Morgan fingerprint density at radius 2 is 2.28 bits per heavy atom. The molecular weight excluding hydrogens is 230 g/mol. The van der Waals surface area contributed by atoms with Gasteiger partial charge in [-0.25, -0.2) is 4.98 Å². The Morgan fingerprint density at radius 3 is 3.00 bits per heavy atom. The monoisotopic (exact) mass is 247 g/mol. The van der Waals surface area contributed by atoms with Crippen LogP contribution in [0.2, 0.25) is 0 Å². The lowest BCUT2D eigenvalue weighted by Crippen LogP contribution is -2.10. The number of aromatic nitrogens is 2. The first kappa shape index (κ1) is 12.4. The minimum absolute atomic E-state index is 0.107. The standard InChI is InChI=1S/C13H17N3O2/c1-10(2)18-12-6-8-15-13(16-12)14-7-5-11-4-3-9-17-11/h3-4,6,8-10H,5,7H2,1-2H3,(H,14,15,16). The fourth-order valence-electron chi connectivity index (χ4n) is 1.49. The molecule has 0 spiro atoms. The van der Waals surface area contributed by atoms with E-state index < -0.39 is 0 Å². The molecule has 0 radical (unpaired) electrons. The number of rotatable bonds is 6. The Labute approximate surface area is 106 Å². The van der Waals surface area contributed by atoms with E-state index in [-0.39, 0.29) is 6.10 Å². The molecule has 0 aliphatic carbocycles. The summed E-state index contributed by atoms with van der Waals surface area (Å²) < 4.78 is 10.7. The van der Waals surface area contributed by atoms with Crippen LogP contribution in [0.1, 0.15) is 19.6 Å². The highest BCUT2D eigenvalue weighted by molar-refractivity contribution is 5.27. The predicted molar refractivity (Wildman–Crippen MR) is 68.7 cm³/mol. The van der Waals surface area contributed by atoms with Gasteiger partial charge in [0, 0.05) is 25.2 Å². The van der Waals surface area contributed by atoms with Gasteiger partial charge in [0.2, 0.25) is 11.8 Å². The maximum Gasteiger partial charge on any atom is 0.225 e. The van der Waals surface area contributed by atoms with Gasteiger partial charge < -0.3 is 14.5 Å². The molecule has 0 aliphatic rings. The molecule has 2 heterocycles. The molecule has 0 atom stereocenters. The zero-order valence-corrected chi connectivity index (χ0v) is 10.6. The van der Waals surface area contributed by atoms with E-state index in [0.717, 1.165) is 18.7 Å². The summed E-state index contributed by atoms with van der Waals surface area (Å²) in [5, 5.41) is 3.13. The molecule has 5 nitrogen and oxygen atoms in total. The average molecular weight is 247 g/mol. The Balaban J connectivity index is 1.85. The number of nitrogens with zero attached hydrogens (tertiary/aromatic N) is 2. The van der Waals surface area contributed by atoms with Gasteiger partial charge in [0.1, 0.15) is 5.76 Å². The van der Waals surface area contributed by atoms with Crippen LogP contribution >= 0.6 is 0 Å². The van der Waals surface area contributed by atoms with Crippen LogP contribution in [0.5, 0.6) is 5.88 Å². The van der Waals surface area contributed by atoms with Crippen molar-refractivity contribution in [3.8, 4) is 5.88 Å². The van der Waals surface area contributed by atoms with Crippen LogP contribution in [0.25, 0.3) is 0 Å². The molecule has 0 saturated carbocycles. The highest BCUT2D eigenvalue weighted by Crippen LogP contribution is 2.10. The van der Waals surface area contributed by atoms with Crippen molar-refractivity contribution < 1.29 is 9.15 Å². The molecule has 5 heteroatoms. The van der Waals surface area contributed by atoms with Gasteiger partial charge in [-0.1, -0.05) is 0 Å². The largest absolute Gasteiger partial charge is 0.475 e. The Bertz CT molecular complexity index is 469. The van der Waals surface area contributed by atoms with Crippen molar-refractivity contribution in [2.24, 2.45) is 0 Å². The first-order valence-electron chi connectivity index (χ1n) is 6.00. The van der Waals surface area contributed by atoms with Gasteiger partial charge in [-0.2, -0.15) is 4.98 Å². The minimum atomic E-state index is 0.107. The third kappa shape index (κ3) is 3.76. The zero-order valence-electron chi connectivity index (χ0n) is 10.6. The van der Waals surface area contributed by atoms with Crippen LogP contribution in [0.15, 0.2) is 35.1 Å². The second-order valence-corrected chi connectivity index (χ2v) is 4.14. The van der Waals surface area contributed by atoms with Crippen molar-refractivity contribution in [1.29, 1.82) is 0 Å². The molecular formula is C13H17N3O2. The molecule has 0 saturated heterocycles. The second-order valence-electron chi connectivity index (χ2n) is 4.14. The lowest BCUT2D eigenvalue weighted by Gasteiger charge is -2.09. The fraction of sp³-hybridized carbons (Fsp3) is 0.385. The lowest BCUT2D eigenvalue weighted by atomic mass is 10.3. The van der Waals surface area contributed by atoms with E-state index in [1.54, 1.807) is 18.5 Å². The second kappa shape index (κ2) is 6.05. The summed E-state index contributed by atoms with van der Waals surface area (Å²) in [6, 6.07) is 5.57. The normalized spacial score (nSPS) is 10.6. The number of ether oxygens (including phenoxy) is 1. The van der Waals surface area contributed by atoms with Gasteiger partial charge in [0.25, 0.3) is 0 Å². The quantitative estimate of drug-likeness (QED) is 0.849. The first-order chi connectivity index (χ1) is 8.74. The molecule has 0 aromatic carbocycles. The van der Waals surface area contributed by atoms with Crippen LogP contribution in [0.4, 0.5) is 5.95 Å². The number of furan rings is 1. The third-order valence-corrected chi connectivity index (χ3v) is 2.22. The van der Waals surface area contributed by atoms with Crippen molar-refractivity contribution in [2.45, 2.75) is 26.4 Å². The third-order valence-electron chi connectivity index (χ3n) is 2.22. The molecule has 0 fully saturated rings. The maximum atomic E-state index is 5.50. The molecule has 0 bridgehead atoms. The summed E-state index contributed by atoms with van der Waals surface area (Å²) in [5.74, 6) is 2.09. The van der Waals surface area contributed by atoms with Crippen molar-refractivity contribution in [3.05, 3.63) is 36.4 Å². The molecule has 1 N–H and O–H groups in total. The van der Waals surface area contributed by atoms with Crippen LogP contribution < -0.4 is 10.1 Å². The van der Waals surface area contributed by atoms with Gasteiger partial charge in [-0.3, -0.25) is 0 Å². The van der Waals surface area contributed by atoms with Crippen LogP contribution in [0.3, 0.4) is 0 Å². The van der Waals surface area contributed by atoms with E-state index in [4.69, 9.17) is 9.15 Å². The molecule has 2 aromatic rings. The van der Waals surface area contributed by atoms with Crippen molar-refractivity contribution >= 4 is 5.95 Å². The van der Waals surface area contributed by atoms with Gasteiger partial charge >= 0.3 is 0 Å². The molecule has 0 unspecified atom stereocenters. The number of nitrogens with one attached hydrogen (secondary N) is 1. The van der Waals surface area contributed by atoms with Crippen LogP contribution in [0, 0.1) is 0 Å². The van der Waals surface area contributed by atoms with Gasteiger partial charge in [0.15, 0.2) is 0 Å². The van der Waals surface area contributed by atoms with Gasteiger partial charge in [-0.05, 0) is 26.0 Å². The van der Waals surface area contributed by atoms with Gasteiger partial charge in [-0.15, -0.1) is 0 Å². The smallest absolute Gasteiger partial charge is 0.225 e. The fourth-order valence-corrected chi connectivity index (χ4v) is 1.49. The van der Waals surface area contributed by atoms with E-state index in [2.05, 4.69) is 15.3 Å². The molecule has 2 aromatic heterocycles. The molecule has 0 aliphatic heterocycles. The summed E-state index contributed by atoms with van der Waals surface area (Å²) in [7, 11) is 0. The maximum absolute atomic E-state index is 5.50. The Hall–Kier alpha value is -2.04. The number of anilines is 1. The van der Waals surface area contributed by atoms with Gasteiger partial charge in [0.05, 0.1) is 12.4 Å². The molecule has 96 valence electrons. The van der Waals surface area contributed by atoms with E-state index in [1.807, 2.05) is 26.0 Å². The zero-order chi connectivity index (χ0) is 12.8. The van der Waals surface area contributed by atoms with Crippen molar-refractivity contribution in [2.75, 3.05) is 11.9 Å². The van der Waals surface area contributed by atoms with E-state index in [0.29, 0.717) is 11.8 Å². The van der Waals surface area contributed by atoms with E-state index in [1.165, 1.54) is 0 Å². The van der Waals surface area contributed by atoms with Crippen LogP contribution in [-0.4, -0.2) is 22.6 Å². The lowest BCUT2D eigenvalue weighted by molar-refractivity contribution is 0.232. The molecule has 18 heavy (non-hydrogen) atoms. The highest BCUT2D eigenvalue weighted by atomic mass is 16.5. The molecule has 2 rings (SSSR count). The summed E-state index contributed by atoms with van der Waals surface area (Å²) in [4.78, 5) is 8.39. The number of hydrogen-bond acceptors (Lipinski definition) is 5. The number of hydrogen-bond donors (Lipinski definition) is 1. The first-order valence-corrected chi connectivity index (χ1v) is 6.00. The summed E-state index contributed by atoms with van der Waals surface area (Å²) in [5.41, 5.74) is 0. The van der Waals surface area contributed by atoms with Crippen molar-refractivity contribution in [1.82, 2.24) is 9.97 Å². The van der Waals surface area contributed by atoms with Crippen LogP contribution in [-0.2, 0) is 6.42 Å². The summed E-state index contributed by atoms with van der Waals surface area (Å²) in [6.07, 6.45) is 4.25. The van der Waals surface area contributed by atoms with E-state index in [9.17, 15) is 0 Å². The summed E-state index contributed by atoms with van der Waals surface area (Å²) in [6.45, 7) is 4.65. The SMILES string of the molecule is CC(C)Oc1ccnc(NCCc2ccco2)n1. The highest BCUT2D eigenvalue weighted by Gasteiger charge is 2.02. The Kier molecular flexibility index (Phi) is 4.17. The van der Waals surface area contributed by atoms with E-state index >= 15 is 0 Å². The topological polar surface area (TPSA) is 60.2 Å². The average Bonchev–Trinajstić information content (AvgIpc) is 2.82. The summed E-state index contributed by atoms with van der Waals surface area (Å²) >= 11 is 0. The molecule has 0 amide bonds. The Morgan fingerprint density at radius 1 is 1.39 bits per heavy atom.